The van der Waals surface area contributed by atoms with Crippen LogP contribution < -0.4 is 5.32 Å². The molecule has 1 saturated carbocycles. The van der Waals surface area contributed by atoms with Crippen molar-refractivity contribution in [2.75, 3.05) is 11.9 Å². The van der Waals surface area contributed by atoms with E-state index in [1.54, 1.807) is 6.07 Å². The van der Waals surface area contributed by atoms with E-state index in [2.05, 4.69) is 10.3 Å². The highest BCUT2D eigenvalue weighted by atomic mass is 19.1. The Hall–Kier alpha value is -1.16. The van der Waals surface area contributed by atoms with Crippen LogP contribution in [0.2, 0.25) is 0 Å². The highest BCUT2D eigenvalue weighted by Crippen LogP contribution is 2.29. The molecule has 1 fully saturated rings. The van der Waals surface area contributed by atoms with Gasteiger partial charge in [-0.15, -0.1) is 0 Å². The molecule has 0 spiro atoms. The lowest BCUT2D eigenvalue weighted by Crippen LogP contribution is -2.33. The van der Waals surface area contributed by atoms with E-state index in [0.717, 1.165) is 25.7 Å². The van der Waals surface area contributed by atoms with Gasteiger partial charge in [-0.3, -0.25) is 0 Å². The first-order chi connectivity index (χ1) is 7.18. The Kier molecular flexibility index (Phi) is 2.86. The van der Waals surface area contributed by atoms with Crippen molar-refractivity contribution in [1.29, 1.82) is 0 Å². The summed E-state index contributed by atoms with van der Waals surface area (Å²) in [6.45, 7) is 0.483. The lowest BCUT2D eigenvalue weighted by atomic mass is 10.0. The third-order valence-corrected chi connectivity index (χ3v) is 2.88. The molecular formula is C11H15FN2O. The number of hydrogen-bond donors (Lipinski definition) is 2. The van der Waals surface area contributed by atoms with Crippen LogP contribution in [0.25, 0.3) is 0 Å². The van der Waals surface area contributed by atoms with Crippen molar-refractivity contribution in [3.05, 3.63) is 24.3 Å². The largest absolute Gasteiger partial charge is 0.388 e. The third kappa shape index (κ3) is 2.65. The van der Waals surface area contributed by atoms with Crippen molar-refractivity contribution < 1.29 is 9.50 Å². The summed E-state index contributed by atoms with van der Waals surface area (Å²) >= 11 is 0. The second kappa shape index (κ2) is 4.14. The van der Waals surface area contributed by atoms with Gasteiger partial charge in [-0.05, 0) is 18.9 Å². The predicted molar refractivity (Wildman–Crippen MR) is 56.1 cm³/mol. The van der Waals surface area contributed by atoms with E-state index in [0.29, 0.717) is 12.2 Å². The van der Waals surface area contributed by atoms with E-state index in [1.165, 1.54) is 12.3 Å². The average molecular weight is 210 g/mol. The molecule has 2 N–H and O–H groups in total. The van der Waals surface area contributed by atoms with Gasteiger partial charge in [-0.1, -0.05) is 12.8 Å². The molecule has 0 amide bonds. The van der Waals surface area contributed by atoms with Crippen LogP contribution in [-0.4, -0.2) is 22.2 Å². The maximum Gasteiger partial charge on any atom is 0.214 e. The van der Waals surface area contributed by atoms with Gasteiger partial charge in [0, 0.05) is 24.5 Å². The molecule has 0 radical (unpaired) electrons. The normalized spacial score (nSPS) is 19.1. The van der Waals surface area contributed by atoms with Crippen LogP contribution >= 0.6 is 0 Å². The highest BCUT2D eigenvalue weighted by Gasteiger charge is 2.30. The quantitative estimate of drug-likeness (QED) is 0.749. The molecule has 1 aliphatic rings. The van der Waals surface area contributed by atoms with Gasteiger partial charge >= 0.3 is 0 Å². The molecule has 3 nitrogen and oxygen atoms in total. The van der Waals surface area contributed by atoms with Crippen LogP contribution in [0.5, 0.6) is 0 Å². The van der Waals surface area contributed by atoms with Gasteiger partial charge in [-0.2, -0.15) is 4.39 Å². The molecule has 1 aliphatic carbocycles. The fraction of sp³-hybridized carbons (Fsp3) is 0.545. The molecule has 82 valence electrons. The Labute approximate surface area is 88.3 Å². The average Bonchev–Trinajstić information content (AvgIpc) is 2.63. The molecule has 2 rings (SSSR count). The number of aliphatic hydroxyl groups is 1. The smallest absolute Gasteiger partial charge is 0.214 e. The summed E-state index contributed by atoms with van der Waals surface area (Å²) in [5.41, 5.74) is 0.0579. The molecule has 0 saturated heterocycles. The highest BCUT2D eigenvalue weighted by molar-refractivity contribution is 5.41. The second-order valence-electron chi connectivity index (χ2n) is 4.15. The van der Waals surface area contributed by atoms with E-state index in [-0.39, 0.29) is 0 Å². The summed E-state index contributed by atoms with van der Waals surface area (Å²) < 4.78 is 12.7. The fourth-order valence-corrected chi connectivity index (χ4v) is 1.99. The van der Waals surface area contributed by atoms with Gasteiger partial charge < -0.3 is 10.4 Å². The van der Waals surface area contributed by atoms with Gasteiger partial charge in [0.1, 0.15) is 0 Å². The molecule has 1 heterocycles. The first-order valence-corrected chi connectivity index (χ1v) is 5.26. The van der Waals surface area contributed by atoms with Crippen LogP contribution in [0.1, 0.15) is 25.7 Å². The molecule has 0 atom stereocenters. The molecular weight excluding hydrogens is 195 g/mol. The first kappa shape index (κ1) is 10.4. The van der Waals surface area contributed by atoms with Gasteiger partial charge in [0.15, 0.2) is 0 Å². The Morgan fingerprint density at radius 1 is 1.47 bits per heavy atom. The number of nitrogens with one attached hydrogen (secondary N) is 1. The molecule has 0 bridgehead atoms. The Morgan fingerprint density at radius 3 is 2.87 bits per heavy atom. The summed E-state index contributed by atoms with van der Waals surface area (Å²) in [6.07, 6.45) is 5.21. The molecule has 1 aromatic heterocycles. The molecule has 4 heteroatoms. The number of pyridine rings is 1. The van der Waals surface area contributed by atoms with Crippen molar-refractivity contribution >= 4 is 5.69 Å². The molecule has 0 aromatic carbocycles. The molecule has 15 heavy (non-hydrogen) atoms. The minimum absolute atomic E-state index is 0.483. The molecule has 0 aliphatic heterocycles. The van der Waals surface area contributed by atoms with E-state index >= 15 is 0 Å². The van der Waals surface area contributed by atoms with Crippen molar-refractivity contribution in [3.8, 4) is 0 Å². The number of aromatic nitrogens is 1. The van der Waals surface area contributed by atoms with Gasteiger partial charge in [0.05, 0.1) is 5.60 Å². The Balaban J connectivity index is 1.92. The summed E-state index contributed by atoms with van der Waals surface area (Å²) in [5, 5.41) is 13.1. The van der Waals surface area contributed by atoms with Crippen LogP contribution in [0, 0.1) is 5.95 Å². The van der Waals surface area contributed by atoms with Crippen molar-refractivity contribution in [2.45, 2.75) is 31.3 Å². The zero-order valence-corrected chi connectivity index (χ0v) is 8.54. The fourth-order valence-electron chi connectivity index (χ4n) is 1.99. The SMILES string of the molecule is OC1(CNc2ccnc(F)c2)CCCC1. The number of rotatable bonds is 3. The van der Waals surface area contributed by atoms with E-state index in [4.69, 9.17) is 0 Å². The number of anilines is 1. The molecule has 0 unspecified atom stereocenters. The van der Waals surface area contributed by atoms with Crippen LogP contribution in [0.3, 0.4) is 0 Å². The maximum absolute atomic E-state index is 12.7. The second-order valence-corrected chi connectivity index (χ2v) is 4.15. The third-order valence-electron chi connectivity index (χ3n) is 2.88. The van der Waals surface area contributed by atoms with Crippen molar-refractivity contribution in [1.82, 2.24) is 4.98 Å². The van der Waals surface area contributed by atoms with Gasteiger partial charge in [0.2, 0.25) is 5.95 Å². The Bertz CT molecular complexity index is 337. The maximum atomic E-state index is 12.7. The zero-order chi connectivity index (χ0) is 10.7. The Morgan fingerprint density at radius 2 is 2.20 bits per heavy atom. The zero-order valence-electron chi connectivity index (χ0n) is 8.54. The summed E-state index contributed by atoms with van der Waals surface area (Å²) in [4.78, 5) is 3.47. The van der Waals surface area contributed by atoms with Gasteiger partial charge in [-0.25, -0.2) is 4.98 Å². The standard InChI is InChI=1S/C11H15FN2O/c12-10-7-9(3-6-13-10)14-8-11(15)4-1-2-5-11/h3,6-7,15H,1-2,4-5,8H2,(H,13,14). The van der Waals surface area contributed by atoms with Crippen LogP contribution in [0.15, 0.2) is 18.3 Å². The summed E-state index contributed by atoms with van der Waals surface area (Å²) in [7, 11) is 0. The number of halogens is 1. The van der Waals surface area contributed by atoms with Crippen LogP contribution in [0.4, 0.5) is 10.1 Å². The van der Waals surface area contributed by atoms with E-state index in [1.807, 2.05) is 0 Å². The van der Waals surface area contributed by atoms with Crippen molar-refractivity contribution in [2.24, 2.45) is 0 Å². The van der Waals surface area contributed by atoms with E-state index in [9.17, 15) is 9.50 Å². The van der Waals surface area contributed by atoms with Gasteiger partial charge in [0.25, 0.3) is 0 Å². The minimum atomic E-state index is -0.611. The molecule has 1 aromatic rings. The topological polar surface area (TPSA) is 45.1 Å². The lowest BCUT2D eigenvalue weighted by molar-refractivity contribution is 0.0614. The first-order valence-electron chi connectivity index (χ1n) is 5.26. The summed E-state index contributed by atoms with van der Waals surface area (Å²) in [6, 6.07) is 3.03. The summed E-state index contributed by atoms with van der Waals surface area (Å²) in [5.74, 6) is -0.501. The van der Waals surface area contributed by atoms with Crippen LogP contribution in [-0.2, 0) is 0 Å². The number of hydrogen-bond acceptors (Lipinski definition) is 3. The predicted octanol–water partition coefficient (Wildman–Crippen LogP) is 1.94. The van der Waals surface area contributed by atoms with Crippen molar-refractivity contribution in [3.63, 3.8) is 0 Å². The van der Waals surface area contributed by atoms with E-state index < -0.39 is 11.5 Å². The number of nitrogens with zero attached hydrogens (tertiary/aromatic N) is 1. The lowest BCUT2D eigenvalue weighted by Gasteiger charge is -2.22. The monoisotopic (exact) mass is 210 g/mol. The minimum Gasteiger partial charge on any atom is -0.388 e.